The second kappa shape index (κ2) is 6.90. The fourth-order valence-electron chi connectivity index (χ4n) is 1.83. The molecule has 0 bridgehead atoms. The molecule has 4 nitrogen and oxygen atoms in total. The molecule has 2 aromatic carbocycles. The number of nitrogens with one attached hydrogen (secondary N) is 1. The summed E-state index contributed by atoms with van der Waals surface area (Å²) in [6.07, 6.45) is 0. The SMILES string of the molecule is CC(=O)C(=NNc1ccccc1)N(C)c1cccc(Cl)c1. The van der Waals surface area contributed by atoms with Crippen molar-refractivity contribution in [1.29, 1.82) is 0 Å². The number of carbonyl (C=O) groups is 1. The number of Topliss-reactive ketones (excluding diaryl/α,β-unsaturated/α-hetero) is 1. The van der Waals surface area contributed by atoms with Crippen molar-refractivity contribution in [3.8, 4) is 0 Å². The molecule has 0 atom stereocenters. The smallest absolute Gasteiger partial charge is 0.196 e. The maximum Gasteiger partial charge on any atom is 0.196 e. The Labute approximate surface area is 129 Å². The lowest BCUT2D eigenvalue weighted by Crippen LogP contribution is -2.32. The Kier molecular flexibility index (Phi) is 4.95. The van der Waals surface area contributed by atoms with Gasteiger partial charge in [0.2, 0.25) is 0 Å². The Morgan fingerprint density at radius 2 is 1.86 bits per heavy atom. The molecule has 0 saturated heterocycles. The zero-order valence-electron chi connectivity index (χ0n) is 11.9. The van der Waals surface area contributed by atoms with E-state index in [0.717, 1.165) is 11.4 Å². The first-order valence-corrected chi connectivity index (χ1v) is 6.84. The summed E-state index contributed by atoms with van der Waals surface area (Å²) in [5, 5.41) is 4.81. The summed E-state index contributed by atoms with van der Waals surface area (Å²) < 4.78 is 0. The molecular weight excluding hydrogens is 286 g/mol. The van der Waals surface area contributed by atoms with E-state index in [0.29, 0.717) is 10.9 Å². The second-order valence-corrected chi connectivity index (χ2v) is 4.94. The van der Waals surface area contributed by atoms with E-state index in [1.54, 1.807) is 24.1 Å². The summed E-state index contributed by atoms with van der Waals surface area (Å²) in [5.41, 5.74) is 4.50. The van der Waals surface area contributed by atoms with Crippen LogP contribution in [0, 0.1) is 0 Å². The van der Waals surface area contributed by atoms with Crippen molar-refractivity contribution in [2.24, 2.45) is 5.10 Å². The molecule has 2 rings (SSSR count). The lowest BCUT2D eigenvalue weighted by atomic mass is 10.2. The molecule has 0 aliphatic carbocycles. The van der Waals surface area contributed by atoms with Gasteiger partial charge in [0.15, 0.2) is 11.6 Å². The molecular formula is C16H16ClN3O. The number of hydrogen-bond acceptors (Lipinski definition) is 3. The lowest BCUT2D eigenvalue weighted by molar-refractivity contribution is -0.111. The van der Waals surface area contributed by atoms with E-state index in [1.165, 1.54) is 6.92 Å². The van der Waals surface area contributed by atoms with E-state index >= 15 is 0 Å². The van der Waals surface area contributed by atoms with Crippen molar-refractivity contribution in [2.75, 3.05) is 17.4 Å². The van der Waals surface area contributed by atoms with Crippen LogP contribution < -0.4 is 10.3 Å². The fraction of sp³-hybridized carbons (Fsp3) is 0.125. The van der Waals surface area contributed by atoms with E-state index < -0.39 is 0 Å². The average molecular weight is 302 g/mol. The summed E-state index contributed by atoms with van der Waals surface area (Å²) in [4.78, 5) is 13.5. The zero-order chi connectivity index (χ0) is 15.2. The highest BCUT2D eigenvalue weighted by Gasteiger charge is 2.14. The normalized spacial score (nSPS) is 11.1. The van der Waals surface area contributed by atoms with Gasteiger partial charge in [0, 0.05) is 24.7 Å². The highest BCUT2D eigenvalue weighted by molar-refractivity contribution is 6.43. The van der Waals surface area contributed by atoms with E-state index in [1.807, 2.05) is 42.5 Å². The zero-order valence-corrected chi connectivity index (χ0v) is 12.6. The van der Waals surface area contributed by atoms with Crippen molar-refractivity contribution in [2.45, 2.75) is 6.92 Å². The number of hydrazone groups is 1. The Balaban J connectivity index is 2.24. The summed E-state index contributed by atoms with van der Waals surface area (Å²) in [5.74, 6) is 0.169. The Bertz CT molecular complexity index is 656. The molecule has 0 aliphatic rings. The van der Waals surface area contributed by atoms with Crippen LogP contribution in [-0.2, 0) is 4.79 Å². The van der Waals surface area contributed by atoms with Crippen LogP contribution in [-0.4, -0.2) is 18.7 Å². The third-order valence-electron chi connectivity index (χ3n) is 2.89. The fourth-order valence-corrected chi connectivity index (χ4v) is 2.01. The largest absolute Gasteiger partial charge is 0.325 e. The molecule has 108 valence electrons. The number of para-hydroxylation sites is 1. The van der Waals surface area contributed by atoms with Crippen LogP contribution in [0.1, 0.15) is 6.92 Å². The molecule has 2 aromatic rings. The molecule has 0 fully saturated rings. The van der Waals surface area contributed by atoms with Crippen LogP contribution in [0.15, 0.2) is 59.7 Å². The second-order valence-electron chi connectivity index (χ2n) is 4.51. The van der Waals surface area contributed by atoms with Crippen molar-refractivity contribution >= 4 is 34.6 Å². The van der Waals surface area contributed by atoms with Crippen LogP contribution in [0.5, 0.6) is 0 Å². The van der Waals surface area contributed by atoms with E-state index in [4.69, 9.17) is 11.6 Å². The van der Waals surface area contributed by atoms with Gasteiger partial charge in [-0.15, -0.1) is 0 Å². The number of rotatable bonds is 4. The molecule has 0 radical (unpaired) electrons. The molecule has 0 amide bonds. The predicted molar refractivity (Wildman–Crippen MR) is 88.0 cm³/mol. The Morgan fingerprint density at radius 1 is 1.14 bits per heavy atom. The monoisotopic (exact) mass is 301 g/mol. The van der Waals surface area contributed by atoms with E-state index in [2.05, 4.69) is 10.5 Å². The highest BCUT2D eigenvalue weighted by Crippen LogP contribution is 2.19. The number of ketones is 1. The highest BCUT2D eigenvalue weighted by atomic mass is 35.5. The van der Waals surface area contributed by atoms with Gasteiger partial charge < -0.3 is 4.90 Å². The van der Waals surface area contributed by atoms with Crippen LogP contribution in [0.4, 0.5) is 11.4 Å². The third kappa shape index (κ3) is 4.07. The Morgan fingerprint density at radius 3 is 2.48 bits per heavy atom. The van der Waals surface area contributed by atoms with Crippen molar-refractivity contribution in [1.82, 2.24) is 0 Å². The molecule has 0 saturated carbocycles. The quantitative estimate of drug-likeness (QED) is 0.531. The molecule has 0 aliphatic heterocycles. The van der Waals surface area contributed by atoms with Gasteiger partial charge in [-0.3, -0.25) is 10.2 Å². The maximum atomic E-state index is 11.8. The average Bonchev–Trinajstić information content (AvgIpc) is 2.48. The van der Waals surface area contributed by atoms with Crippen LogP contribution in [0.2, 0.25) is 5.02 Å². The first-order valence-electron chi connectivity index (χ1n) is 6.47. The summed E-state index contributed by atoms with van der Waals surface area (Å²) >= 11 is 5.98. The van der Waals surface area contributed by atoms with Crippen LogP contribution in [0.25, 0.3) is 0 Å². The summed E-state index contributed by atoms with van der Waals surface area (Å²) in [6, 6.07) is 16.7. The third-order valence-corrected chi connectivity index (χ3v) is 3.13. The summed E-state index contributed by atoms with van der Waals surface area (Å²) in [6.45, 7) is 1.48. The van der Waals surface area contributed by atoms with Crippen molar-refractivity contribution < 1.29 is 4.79 Å². The molecule has 0 aromatic heterocycles. The number of anilines is 2. The number of likely N-dealkylation sites (N-methyl/N-ethyl adjacent to an activating group) is 1. The number of nitrogens with zero attached hydrogens (tertiary/aromatic N) is 2. The molecule has 21 heavy (non-hydrogen) atoms. The Hall–Kier alpha value is -2.33. The van der Waals surface area contributed by atoms with Gasteiger partial charge in [-0.25, -0.2) is 0 Å². The maximum absolute atomic E-state index is 11.8. The predicted octanol–water partition coefficient (Wildman–Crippen LogP) is 3.79. The minimum absolute atomic E-state index is 0.138. The lowest BCUT2D eigenvalue weighted by Gasteiger charge is -2.19. The number of hydrogen-bond donors (Lipinski definition) is 1. The number of halogens is 1. The topological polar surface area (TPSA) is 44.7 Å². The molecule has 5 heteroatoms. The molecule has 0 spiro atoms. The van der Waals surface area contributed by atoms with Gasteiger partial charge in [0.1, 0.15) is 0 Å². The van der Waals surface area contributed by atoms with Gasteiger partial charge in [-0.2, -0.15) is 5.10 Å². The van der Waals surface area contributed by atoms with Crippen LogP contribution >= 0.6 is 11.6 Å². The number of benzene rings is 2. The summed E-state index contributed by atoms with van der Waals surface area (Å²) in [7, 11) is 1.78. The van der Waals surface area contributed by atoms with Gasteiger partial charge >= 0.3 is 0 Å². The minimum atomic E-state index is -0.138. The van der Waals surface area contributed by atoms with E-state index in [-0.39, 0.29) is 5.78 Å². The standard InChI is InChI=1S/C16H16ClN3O/c1-12(21)16(19-18-14-8-4-3-5-9-14)20(2)15-10-6-7-13(17)11-15/h3-11,18H,1-2H3. The van der Waals surface area contributed by atoms with Crippen molar-refractivity contribution in [3.63, 3.8) is 0 Å². The van der Waals surface area contributed by atoms with Gasteiger partial charge in [-0.05, 0) is 30.3 Å². The minimum Gasteiger partial charge on any atom is -0.325 e. The molecule has 0 unspecified atom stereocenters. The molecule has 1 N–H and O–H groups in total. The van der Waals surface area contributed by atoms with E-state index in [9.17, 15) is 4.79 Å². The first-order chi connectivity index (χ1) is 10.1. The first kappa shape index (κ1) is 15.1. The van der Waals surface area contributed by atoms with Gasteiger partial charge in [0.25, 0.3) is 0 Å². The number of carbonyl (C=O) groups excluding carboxylic acids is 1. The van der Waals surface area contributed by atoms with Gasteiger partial charge in [0.05, 0.1) is 5.69 Å². The van der Waals surface area contributed by atoms with Crippen molar-refractivity contribution in [3.05, 3.63) is 59.6 Å². The van der Waals surface area contributed by atoms with Gasteiger partial charge in [-0.1, -0.05) is 35.9 Å². The van der Waals surface area contributed by atoms with Crippen LogP contribution in [0.3, 0.4) is 0 Å². The number of amidine groups is 1. The molecule has 0 heterocycles.